The first-order chi connectivity index (χ1) is 13.8. The first-order valence-corrected chi connectivity index (χ1v) is 11.0. The number of aliphatic imine (C=N–C) groups is 1. The molecule has 7 heteroatoms. The van der Waals surface area contributed by atoms with Crippen LogP contribution in [0.5, 0.6) is 0 Å². The smallest absolute Gasteiger partial charge is 0.338 e. The summed E-state index contributed by atoms with van der Waals surface area (Å²) in [6, 6.07) is 7.50. The third kappa shape index (κ3) is 4.50. The Kier molecular flexibility index (Phi) is 6.36. The molecule has 29 heavy (non-hydrogen) atoms. The van der Waals surface area contributed by atoms with Gasteiger partial charge in [-0.3, -0.25) is 4.79 Å². The third-order valence-electron chi connectivity index (χ3n) is 5.05. The predicted molar refractivity (Wildman–Crippen MR) is 118 cm³/mol. The lowest BCUT2D eigenvalue weighted by atomic mass is 9.93. The lowest BCUT2D eigenvalue weighted by Crippen LogP contribution is -2.42. The van der Waals surface area contributed by atoms with Gasteiger partial charge in [-0.25, -0.2) is 9.79 Å². The van der Waals surface area contributed by atoms with Crippen molar-refractivity contribution in [2.75, 3.05) is 24.7 Å². The number of esters is 1. The van der Waals surface area contributed by atoms with Crippen molar-refractivity contribution in [3.8, 4) is 0 Å². The van der Waals surface area contributed by atoms with Crippen LogP contribution in [0, 0.1) is 5.41 Å². The van der Waals surface area contributed by atoms with Gasteiger partial charge in [-0.2, -0.15) is 0 Å². The number of rotatable bonds is 4. The van der Waals surface area contributed by atoms with Crippen LogP contribution in [0.25, 0.3) is 0 Å². The highest BCUT2D eigenvalue weighted by molar-refractivity contribution is 8.13. The van der Waals surface area contributed by atoms with Gasteiger partial charge in [0.05, 0.1) is 24.4 Å². The van der Waals surface area contributed by atoms with Crippen molar-refractivity contribution in [2.45, 2.75) is 46.6 Å². The van der Waals surface area contributed by atoms with Gasteiger partial charge in [0.15, 0.2) is 5.17 Å². The minimum atomic E-state index is -0.463. The van der Waals surface area contributed by atoms with E-state index in [1.807, 2.05) is 52.0 Å². The Morgan fingerprint density at radius 2 is 1.97 bits per heavy atom. The van der Waals surface area contributed by atoms with Crippen LogP contribution in [0.1, 0.15) is 52.1 Å². The van der Waals surface area contributed by atoms with Crippen molar-refractivity contribution in [3.05, 3.63) is 41.1 Å². The number of carbonyl (C=O) groups excluding carboxylic acids is 2. The molecule has 0 bridgehead atoms. The predicted octanol–water partition coefficient (Wildman–Crippen LogP) is 4.36. The zero-order valence-corrected chi connectivity index (χ0v) is 18.6. The zero-order valence-electron chi connectivity index (χ0n) is 17.7. The lowest BCUT2D eigenvalue weighted by Gasteiger charge is -2.40. The van der Waals surface area contributed by atoms with Gasteiger partial charge in [0.2, 0.25) is 5.91 Å². The molecule has 0 saturated carbocycles. The topological polar surface area (TPSA) is 71.0 Å². The molecule has 1 atom stereocenters. The highest BCUT2D eigenvalue weighted by Gasteiger charge is 2.38. The minimum absolute atomic E-state index is 0.0341. The molecular formula is C22H29N3O3S. The summed E-state index contributed by atoms with van der Waals surface area (Å²) in [6.45, 7) is 8.50. The largest absolute Gasteiger partial charge is 0.466 e. The molecule has 2 heterocycles. The average Bonchev–Trinajstić information content (AvgIpc) is 2.71. The Morgan fingerprint density at radius 1 is 1.28 bits per heavy atom. The molecule has 3 rings (SSSR count). The van der Waals surface area contributed by atoms with Crippen LogP contribution in [-0.2, 0) is 14.3 Å². The van der Waals surface area contributed by atoms with Crippen molar-refractivity contribution in [3.63, 3.8) is 0 Å². The number of nitrogens with zero attached hydrogens (tertiary/aromatic N) is 2. The minimum Gasteiger partial charge on any atom is -0.466 e. The van der Waals surface area contributed by atoms with E-state index in [4.69, 9.17) is 9.73 Å². The molecule has 0 radical (unpaired) electrons. The number of carbonyl (C=O) groups is 2. The van der Waals surface area contributed by atoms with E-state index in [-0.39, 0.29) is 17.9 Å². The second-order valence-electron chi connectivity index (χ2n) is 8.22. The van der Waals surface area contributed by atoms with Gasteiger partial charge in [-0.05, 0) is 30.5 Å². The summed E-state index contributed by atoms with van der Waals surface area (Å²) < 4.78 is 5.11. The number of fused-ring (bicyclic) bond motifs is 1. The molecule has 6 nitrogen and oxygen atoms in total. The number of amides is 1. The van der Waals surface area contributed by atoms with Crippen LogP contribution in [0.15, 0.2) is 40.5 Å². The van der Waals surface area contributed by atoms with Gasteiger partial charge in [-0.15, -0.1) is 0 Å². The van der Waals surface area contributed by atoms with Crippen LogP contribution in [0.3, 0.4) is 0 Å². The maximum absolute atomic E-state index is 12.7. The van der Waals surface area contributed by atoms with E-state index in [1.54, 1.807) is 11.8 Å². The second-order valence-corrected chi connectivity index (χ2v) is 9.29. The first-order valence-electron chi connectivity index (χ1n) is 9.97. The fourth-order valence-electron chi connectivity index (χ4n) is 3.43. The molecule has 1 fully saturated rings. The Hall–Kier alpha value is -2.28. The SMILES string of the molecule is CCC1=C(C(=O)OC)C(c2ccc(NC(=O)C(C)(C)C)cc2)N2CCCSC2=N1. The van der Waals surface area contributed by atoms with E-state index >= 15 is 0 Å². The van der Waals surface area contributed by atoms with E-state index in [1.165, 1.54) is 7.11 Å². The van der Waals surface area contributed by atoms with Crippen LogP contribution >= 0.6 is 11.8 Å². The number of hydrogen-bond donors (Lipinski definition) is 1. The van der Waals surface area contributed by atoms with Crippen LogP contribution in [0.2, 0.25) is 0 Å². The summed E-state index contributed by atoms with van der Waals surface area (Å²) in [5.74, 6) is 0.660. The van der Waals surface area contributed by atoms with Gasteiger partial charge < -0.3 is 15.0 Å². The number of benzene rings is 1. The standard InChI is InChI=1S/C22H29N3O3S/c1-6-16-17(19(26)28-5)18(25-12-7-13-29-21(25)24-16)14-8-10-15(11-9-14)23-20(27)22(2,3)4/h8-11,18H,6-7,12-13H2,1-5H3,(H,23,27). The Morgan fingerprint density at radius 3 is 2.55 bits per heavy atom. The van der Waals surface area contributed by atoms with E-state index in [0.29, 0.717) is 12.0 Å². The molecule has 0 aromatic heterocycles. The lowest BCUT2D eigenvalue weighted by molar-refractivity contribution is -0.137. The summed E-state index contributed by atoms with van der Waals surface area (Å²) in [6.07, 6.45) is 1.70. The van der Waals surface area contributed by atoms with Gasteiger partial charge in [-0.1, -0.05) is 51.6 Å². The number of ether oxygens (including phenoxy) is 1. The highest BCUT2D eigenvalue weighted by atomic mass is 32.2. The molecule has 1 amide bonds. The number of hydrogen-bond acceptors (Lipinski definition) is 6. The summed E-state index contributed by atoms with van der Waals surface area (Å²) in [7, 11) is 1.41. The van der Waals surface area contributed by atoms with Gasteiger partial charge in [0, 0.05) is 23.4 Å². The summed E-state index contributed by atoms with van der Waals surface area (Å²) in [5.41, 5.74) is 2.65. The van der Waals surface area contributed by atoms with Crippen LogP contribution in [-0.4, -0.2) is 41.4 Å². The molecule has 2 aliphatic rings. The van der Waals surface area contributed by atoms with Crippen LogP contribution < -0.4 is 5.32 Å². The molecule has 1 aromatic rings. The number of amidine groups is 1. The number of anilines is 1. The molecule has 1 saturated heterocycles. The monoisotopic (exact) mass is 415 g/mol. The Bertz CT molecular complexity index is 853. The number of nitrogens with one attached hydrogen (secondary N) is 1. The van der Waals surface area contributed by atoms with Crippen molar-refractivity contribution < 1.29 is 14.3 Å². The molecule has 1 N–H and O–H groups in total. The quantitative estimate of drug-likeness (QED) is 0.740. The summed E-state index contributed by atoms with van der Waals surface area (Å²) in [5, 5.41) is 3.92. The van der Waals surface area contributed by atoms with Crippen LogP contribution in [0.4, 0.5) is 5.69 Å². The fourth-order valence-corrected chi connectivity index (χ4v) is 4.42. The third-order valence-corrected chi connectivity index (χ3v) is 6.13. The summed E-state index contributed by atoms with van der Waals surface area (Å²) in [4.78, 5) is 31.9. The molecule has 1 aromatic carbocycles. The van der Waals surface area contributed by atoms with Crippen molar-refractivity contribution in [2.24, 2.45) is 10.4 Å². The Labute approximate surface area is 176 Å². The maximum atomic E-state index is 12.7. The molecule has 1 unspecified atom stereocenters. The fraction of sp³-hybridized carbons (Fsp3) is 0.500. The van der Waals surface area contributed by atoms with E-state index in [9.17, 15) is 9.59 Å². The highest BCUT2D eigenvalue weighted by Crippen LogP contribution is 2.40. The van der Waals surface area contributed by atoms with Crippen molar-refractivity contribution >= 4 is 34.5 Å². The maximum Gasteiger partial charge on any atom is 0.338 e. The second kappa shape index (κ2) is 8.61. The molecule has 2 aliphatic heterocycles. The molecular weight excluding hydrogens is 386 g/mol. The van der Waals surface area contributed by atoms with Crippen molar-refractivity contribution in [1.29, 1.82) is 0 Å². The molecule has 0 aliphatic carbocycles. The Balaban J connectivity index is 1.97. The van der Waals surface area contributed by atoms with E-state index in [2.05, 4.69) is 10.2 Å². The van der Waals surface area contributed by atoms with E-state index < -0.39 is 5.41 Å². The van der Waals surface area contributed by atoms with E-state index in [0.717, 1.165) is 40.8 Å². The van der Waals surface area contributed by atoms with Crippen molar-refractivity contribution in [1.82, 2.24) is 4.90 Å². The van der Waals surface area contributed by atoms with Gasteiger partial charge in [0.1, 0.15) is 0 Å². The first kappa shape index (κ1) is 21.4. The average molecular weight is 416 g/mol. The summed E-state index contributed by atoms with van der Waals surface area (Å²) >= 11 is 1.73. The molecule has 0 spiro atoms. The van der Waals surface area contributed by atoms with Gasteiger partial charge in [0.25, 0.3) is 0 Å². The molecule has 156 valence electrons. The number of methoxy groups -OCH3 is 1. The zero-order chi connectivity index (χ0) is 21.2. The number of allylic oxidation sites excluding steroid dienone is 1. The van der Waals surface area contributed by atoms with Gasteiger partial charge >= 0.3 is 5.97 Å². The normalized spacial score (nSPS) is 19.4. The number of thioether (sulfide) groups is 1.